The van der Waals surface area contributed by atoms with Crippen molar-refractivity contribution in [3.05, 3.63) is 53.8 Å². The van der Waals surface area contributed by atoms with Crippen molar-refractivity contribution < 1.29 is 9.53 Å². The molecule has 1 aliphatic heterocycles. The number of aromatic nitrogens is 1. The van der Waals surface area contributed by atoms with Crippen LogP contribution in [0.1, 0.15) is 0 Å². The smallest absolute Gasteiger partial charge is 0.260 e. The number of piperazine rings is 1. The van der Waals surface area contributed by atoms with Crippen LogP contribution in [0.2, 0.25) is 5.02 Å². The number of rotatable bonds is 4. The van der Waals surface area contributed by atoms with Crippen LogP contribution < -0.4 is 9.64 Å². The first-order valence-corrected chi connectivity index (χ1v) is 7.92. The third-order valence-electron chi connectivity index (χ3n) is 3.85. The van der Waals surface area contributed by atoms with Crippen molar-refractivity contribution in [2.75, 3.05) is 37.7 Å². The van der Waals surface area contributed by atoms with Crippen LogP contribution in [0.5, 0.6) is 5.75 Å². The molecule has 0 N–H and O–H groups in total. The van der Waals surface area contributed by atoms with Gasteiger partial charge in [0.05, 0.1) is 5.02 Å². The minimum Gasteiger partial charge on any atom is -0.482 e. The lowest BCUT2D eigenvalue weighted by atomic mass is 10.2. The number of carbonyl (C=O) groups is 1. The van der Waals surface area contributed by atoms with Crippen molar-refractivity contribution in [2.24, 2.45) is 0 Å². The molecule has 6 heteroatoms. The van der Waals surface area contributed by atoms with Crippen LogP contribution in [0.25, 0.3) is 0 Å². The van der Waals surface area contributed by atoms with Crippen LogP contribution in [0.15, 0.2) is 48.8 Å². The van der Waals surface area contributed by atoms with Crippen molar-refractivity contribution >= 4 is 23.2 Å². The normalized spacial score (nSPS) is 14.7. The van der Waals surface area contributed by atoms with E-state index < -0.39 is 0 Å². The number of hydrogen-bond donors (Lipinski definition) is 0. The molecule has 3 rings (SSSR count). The molecule has 1 aromatic carbocycles. The van der Waals surface area contributed by atoms with Crippen molar-refractivity contribution in [1.82, 2.24) is 9.88 Å². The molecule has 0 bridgehead atoms. The Hall–Kier alpha value is -2.27. The van der Waals surface area contributed by atoms with Gasteiger partial charge in [-0.1, -0.05) is 23.7 Å². The van der Waals surface area contributed by atoms with Gasteiger partial charge in [0.15, 0.2) is 6.61 Å². The average Bonchev–Trinajstić information content (AvgIpc) is 2.62. The van der Waals surface area contributed by atoms with Gasteiger partial charge in [-0.15, -0.1) is 0 Å². The van der Waals surface area contributed by atoms with Crippen molar-refractivity contribution in [2.45, 2.75) is 0 Å². The summed E-state index contributed by atoms with van der Waals surface area (Å²) in [5.41, 5.74) is 1.14. The summed E-state index contributed by atoms with van der Waals surface area (Å²) in [6, 6.07) is 11.1. The minimum atomic E-state index is -0.0145. The molecule has 0 atom stereocenters. The molecular weight excluding hydrogens is 314 g/mol. The van der Waals surface area contributed by atoms with Crippen LogP contribution in [0.3, 0.4) is 0 Å². The lowest BCUT2D eigenvalue weighted by Gasteiger charge is -2.36. The van der Waals surface area contributed by atoms with Gasteiger partial charge in [-0.05, 0) is 24.3 Å². The van der Waals surface area contributed by atoms with E-state index in [1.807, 2.05) is 29.2 Å². The molecule has 0 spiro atoms. The summed E-state index contributed by atoms with van der Waals surface area (Å²) in [6.45, 7) is 3.00. The first-order valence-electron chi connectivity index (χ1n) is 7.54. The molecule has 1 aromatic heterocycles. The average molecular weight is 332 g/mol. The Labute approximate surface area is 140 Å². The van der Waals surface area contributed by atoms with Gasteiger partial charge in [0, 0.05) is 44.3 Å². The SMILES string of the molecule is O=C(COc1ccccc1Cl)N1CCN(c2ccncc2)CC1. The van der Waals surface area contributed by atoms with E-state index in [0.717, 1.165) is 18.8 Å². The number of halogens is 1. The molecule has 0 radical (unpaired) electrons. The Bertz CT molecular complexity index is 658. The molecule has 1 amide bonds. The van der Waals surface area contributed by atoms with Crippen LogP contribution >= 0.6 is 11.6 Å². The highest BCUT2D eigenvalue weighted by atomic mass is 35.5. The lowest BCUT2D eigenvalue weighted by Crippen LogP contribution is -2.50. The second kappa shape index (κ2) is 7.33. The third kappa shape index (κ3) is 3.93. The molecule has 0 aliphatic carbocycles. The topological polar surface area (TPSA) is 45.7 Å². The second-order valence-corrected chi connectivity index (χ2v) is 5.70. The van der Waals surface area contributed by atoms with Crippen LogP contribution in [0.4, 0.5) is 5.69 Å². The van der Waals surface area contributed by atoms with E-state index in [-0.39, 0.29) is 12.5 Å². The number of hydrogen-bond acceptors (Lipinski definition) is 4. The number of para-hydroxylation sites is 1. The van der Waals surface area contributed by atoms with Gasteiger partial charge >= 0.3 is 0 Å². The molecule has 0 unspecified atom stereocenters. The van der Waals surface area contributed by atoms with E-state index in [0.29, 0.717) is 23.9 Å². The molecule has 120 valence electrons. The van der Waals surface area contributed by atoms with Gasteiger partial charge in [0.2, 0.25) is 0 Å². The summed E-state index contributed by atoms with van der Waals surface area (Å²) in [5.74, 6) is 0.525. The Morgan fingerprint density at radius 1 is 1.09 bits per heavy atom. The first kappa shape index (κ1) is 15.6. The Morgan fingerprint density at radius 2 is 1.78 bits per heavy atom. The summed E-state index contributed by atoms with van der Waals surface area (Å²) in [5, 5.41) is 0.516. The largest absolute Gasteiger partial charge is 0.482 e. The van der Waals surface area contributed by atoms with Crippen LogP contribution in [-0.4, -0.2) is 48.6 Å². The maximum absolute atomic E-state index is 12.3. The van der Waals surface area contributed by atoms with Crippen LogP contribution in [-0.2, 0) is 4.79 Å². The third-order valence-corrected chi connectivity index (χ3v) is 4.16. The van der Waals surface area contributed by atoms with E-state index in [4.69, 9.17) is 16.3 Å². The van der Waals surface area contributed by atoms with Gasteiger partial charge in [0.1, 0.15) is 5.75 Å². The highest BCUT2D eigenvalue weighted by Crippen LogP contribution is 2.23. The molecular formula is C17H18ClN3O2. The monoisotopic (exact) mass is 331 g/mol. The molecule has 1 saturated heterocycles. The quantitative estimate of drug-likeness (QED) is 0.863. The Morgan fingerprint density at radius 3 is 2.48 bits per heavy atom. The van der Waals surface area contributed by atoms with E-state index in [9.17, 15) is 4.79 Å². The van der Waals surface area contributed by atoms with E-state index in [1.165, 1.54) is 0 Å². The number of benzene rings is 1. The zero-order valence-corrected chi connectivity index (χ0v) is 13.4. The number of ether oxygens (including phenoxy) is 1. The molecule has 0 saturated carbocycles. The number of anilines is 1. The second-order valence-electron chi connectivity index (χ2n) is 5.29. The summed E-state index contributed by atoms with van der Waals surface area (Å²) in [6.07, 6.45) is 3.56. The van der Waals surface area contributed by atoms with Crippen molar-refractivity contribution in [1.29, 1.82) is 0 Å². The highest BCUT2D eigenvalue weighted by Gasteiger charge is 2.21. The molecule has 2 heterocycles. The van der Waals surface area contributed by atoms with Gasteiger partial charge < -0.3 is 14.5 Å². The molecule has 1 fully saturated rings. The predicted octanol–water partition coefficient (Wildman–Crippen LogP) is 2.46. The van der Waals surface area contributed by atoms with E-state index in [1.54, 1.807) is 24.5 Å². The summed E-state index contributed by atoms with van der Waals surface area (Å²) in [4.78, 5) is 20.4. The summed E-state index contributed by atoms with van der Waals surface area (Å²) >= 11 is 6.02. The number of carbonyl (C=O) groups excluding carboxylic acids is 1. The fourth-order valence-corrected chi connectivity index (χ4v) is 2.75. The van der Waals surface area contributed by atoms with Crippen molar-refractivity contribution in [3.8, 4) is 5.75 Å². The Balaban J connectivity index is 1.50. The molecule has 2 aromatic rings. The summed E-state index contributed by atoms with van der Waals surface area (Å²) < 4.78 is 5.52. The number of pyridine rings is 1. The van der Waals surface area contributed by atoms with Gasteiger partial charge in [-0.2, -0.15) is 0 Å². The van der Waals surface area contributed by atoms with E-state index >= 15 is 0 Å². The molecule has 1 aliphatic rings. The standard InChI is InChI=1S/C17H18ClN3O2/c18-15-3-1-2-4-16(15)23-13-17(22)21-11-9-20(10-12-21)14-5-7-19-8-6-14/h1-8H,9-13H2. The fourth-order valence-electron chi connectivity index (χ4n) is 2.56. The summed E-state index contributed by atoms with van der Waals surface area (Å²) in [7, 11) is 0. The van der Waals surface area contributed by atoms with Crippen LogP contribution in [0, 0.1) is 0 Å². The van der Waals surface area contributed by atoms with Gasteiger partial charge in [0.25, 0.3) is 5.91 Å². The molecule has 5 nitrogen and oxygen atoms in total. The fraction of sp³-hybridized carbons (Fsp3) is 0.294. The van der Waals surface area contributed by atoms with Gasteiger partial charge in [-0.25, -0.2) is 0 Å². The minimum absolute atomic E-state index is 0.0129. The first-order chi connectivity index (χ1) is 11.2. The predicted molar refractivity (Wildman–Crippen MR) is 90.0 cm³/mol. The number of nitrogens with zero attached hydrogens (tertiary/aromatic N) is 3. The zero-order valence-electron chi connectivity index (χ0n) is 12.7. The lowest BCUT2D eigenvalue weighted by molar-refractivity contribution is -0.133. The van der Waals surface area contributed by atoms with E-state index in [2.05, 4.69) is 9.88 Å². The number of amides is 1. The van der Waals surface area contributed by atoms with Crippen molar-refractivity contribution in [3.63, 3.8) is 0 Å². The maximum Gasteiger partial charge on any atom is 0.260 e. The Kier molecular flexibility index (Phi) is 4.98. The highest BCUT2D eigenvalue weighted by molar-refractivity contribution is 6.32. The molecule has 23 heavy (non-hydrogen) atoms. The maximum atomic E-state index is 12.3. The zero-order chi connectivity index (χ0) is 16.1. The van der Waals surface area contributed by atoms with Gasteiger partial charge in [-0.3, -0.25) is 9.78 Å².